The maximum atomic E-state index is 13.9. The predicted octanol–water partition coefficient (Wildman–Crippen LogP) is 2.23. The number of hydrogen-bond acceptors (Lipinski definition) is 7. The molecule has 0 spiro atoms. The van der Waals surface area contributed by atoms with Crippen LogP contribution in [0.25, 0.3) is 4.85 Å². The van der Waals surface area contributed by atoms with E-state index in [0.29, 0.717) is 12.3 Å². The Bertz CT molecular complexity index is 1170. The summed E-state index contributed by atoms with van der Waals surface area (Å²) in [6.45, 7) is 6.97. The third-order valence-corrected chi connectivity index (χ3v) is 6.76. The van der Waals surface area contributed by atoms with E-state index in [9.17, 15) is 36.2 Å². The van der Waals surface area contributed by atoms with E-state index in [0.717, 1.165) is 22.5 Å². The van der Waals surface area contributed by atoms with Crippen molar-refractivity contribution < 1.29 is 45.7 Å². The third-order valence-electron chi connectivity index (χ3n) is 4.97. The van der Waals surface area contributed by atoms with Crippen molar-refractivity contribution in [3.8, 4) is 11.6 Å². The van der Waals surface area contributed by atoms with E-state index < -0.39 is 63.9 Å². The SMILES string of the molecule is [C-]#[N+]c1ccc(O[C@H]2CN(S(=O)(=O)c3ccc(OC(F)(F)F)nc3)C[C@@]2(O)[C@@H](C)O)cc1F. The lowest BCUT2D eigenvalue weighted by atomic mass is 9.94. The first-order valence-corrected chi connectivity index (χ1v) is 10.7. The van der Waals surface area contributed by atoms with Crippen molar-refractivity contribution >= 4 is 15.7 Å². The van der Waals surface area contributed by atoms with Crippen LogP contribution in [0.1, 0.15) is 6.92 Å². The highest BCUT2D eigenvalue weighted by atomic mass is 32.2. The molecule has 0 amide bonds. The van der Waals surface area contributed by atoms with Crippen molar-refractivity contribution in [2.45, 2.75) is 36.0 Å². The molecule has 0 unspecified atom stereocenters. The van der Waals surface area contributed by atoms with Gasteiger partial charge in [0.2, 0.25) is 21.6 Å². The second-order valence-corrected chi connectivity index (χ2v) is 9.11. The Morgan fingerprint density at radius 1 is 1.33 bits per heavy atom. The van der Waals surface area contributed by atoms with Crippen LogP contribution >= 0.6 is 0 Å². The van der Waals surface area contributed by atoms with Gasteiger partial charge in [0.05, 0.1) is 25.4 Å². The van der Waals surface area contributed by atoms with E-state index in [2.05, 4.69) is 14.6 Å². The number of halogens is 4. The Morgan fingerprint density at radius 2 is 2.03 bits per heavy atom. The lowest BCUT2D eigenvalue weighted by molar-refractivity contribution is -0.276. The molecule has 9 nitrogen and oxygen atoms in total. The number of aliphatic hydroxyl groups excluding tert-OH is 1. The lowest BCUT2D eigenvalue weighted by Gasteiger charge is -2.31. The number of ether oxygens (including phenoxy) is 2. The number of β-amino-alcohol motifs (C(OH)–C–C–N with tert-alkyl or cyclic N) is 1. The number of rotatable bonds is 6. The molecule has 1 aromatic heterocycles. The summed E-state index contributed by atoms with van der Waals surface area (Å²) in [4.78, 5) is 5.81. The maximum Gasteiger partial charge on any atom is 0.574 e. The van der Waals surface area contributed by atoms with E-state index in [4.69, 9.17) is 11.3 Å². The predicted molar refractivity (Wildman–Crippen MR) is 103 cm³/mol. The zero-order chi connectivity index (χ0) is 24.6. The van der Waals surface area contributed by atoms with Crippen LogP contribution in [0.3, 0.4) is 0 Å². The van der Waals surface area contributed by atoms with Gasteiger partial charge < -0.3 is 19.7 Å². The molecule has 2 aromatic rings. The lowest BCUT2D eigenvalue weighted by Crippen LogP contribution is -2.53. The Labute approximate surface area is 185 Å². The molecule has 1 saturated heterocycles. The third kappa shape index (κ3) is 5.17. The van der Waals surface area contributed by atoms with Gasteiger partial charge in [-0.25, -0.2) is 22.6 Å². The first kappa shape index (κ1) is 24.6. The minimum atomic E-state index is -5.01. The zero-order valence-electron chi connectivity index (χ0n) is 16.8. The van der Waals surface area contributed by atoms with E-state index in [-0.39, 0.29) is 11.4 Å². The summed E-state index contributed by atoms with van der Waals surface area (Å²) < 4.78 is 86.6. The van der Waals surface area contributed by atoms with Crippen LogP contribution in [0.4, 0.5) is 23.2 Å². The average Bonchev–Trinajstić information content (AvgIpc) is 3.06. The van der Waals surface area contributed by atoms with E-state index in [1.807, 2.05) is 0 Å². The second kappa shape index (κ2) is 8.75. The van der Waals surface area contributed by atoms with Gasteiger partial charge in [-0.1, -0.05) is 0 Å². The molecule has 0 radical (unpaired) electrons. The second-order valence-electron chi connectivity index (χ2n) is 7.18. The summed E-state index contributed by atoms with van der Waals surface area (Å²) in [6.07, 6.45) is -7.17. The average molecular weight is 491 g/mol. The fourth-order valence-electron chi connectivity index (χ4n) is 3.18. The van der Waals surface area contributed by atoms with Crippen LogP contribution in [0, 0.1) is 12.4 Å². The van der Waals surface area contributed by atoms with Crippen molar-refractivity contribution in [1.82, 2.24) is 9.29 Å². The Hall–Kier alpha value is -2.99. The monoisotopic (exact) mass is 491 g/mol. The largest absolute Gasteiger partial charge is 0.574 e. The number of hydrogen-bond donors (Lipinski definition) is 2. The van der Waals surface area contributed by atoms with E-state index >= 15 is 0 Å². The summed E-state index contributed by atoms with van der Waals surface area (Å²) in [5, 5.41) is 21.0. The summed E-state index contributed by atoms with van der Waals surface area (Å²) in [6, 6.07) is 4.83. The van der Waals surface area contributed by atoms with Crippen molar-refractivity contribution in [2.75, 3.05) is 13.1 Å². The highest BCUT2D eigenvalue weighted by molar-refractivity contribution is 7.89. The molecule has 0 saturated carbocycles. The highest BCUT2D eigenvalue weighted by Gasteiger charge is 2.54. The molecule has 1 aliphatic heterocycles. The van der Waals surface area contributed by atoms with Crippen molar-refractivity contribution in [1.29, 1.82) is 0 Å². The van der Waals surface area contributed by atoms with Crippen LogP contribution in [0.5, 0.6) is 11.6 Å². The summed E-state index contributed by atoms with van der Waals surface area (Å²) >= 11 is 0. The summed E-state index contributed by atoms with van der Waals surface area (Å²) in [5.41, 5.74) is -2.37. The molecule has 3 rings (SSSR count). The number of sulfonamides is 1. The molecule has 14 heteroatoms. The molecule has 1 fully saturated rings. The standard InChI is InChI=1S/C19H17F4N3O6S/c1-11(27)18(28)10-26(9-16(18)31-12-3-5-15(24-2)14(20)7-12)33(29,30)13-4-6-17(25-8-13)32-19(21,22)23/h3-8,11,16,27-28H,9-10H2,1H3/t11-,16+,18-/m1/s1. The minimum absolute atomic E-state index is 0.112. The molecule has 33 heavy (non-hydrogen) atoms. The number of pyridine rings is 1. The number of aromatic nitrogens is 1. The number of nitrogens with zero attached hydrogens (tertiary/aromatic N) is 3. The molecular weight excluding hydrogens is 474 g/mol. The van der Waals surface area contributed by atoms with Crippen LogP contribution in [-0.4, -0.2) is 65.2 Å². The molecule has 2 N–H and O–H groups in total. The molecule has 3 atom stereocenters. The van der Waals surface area contributed by atoms with E-state index in [1.165, 1.54) is 13.0 Å². The fraction of sp³-hybridized carbons (Fsp3) is 0.368. The van der Waals surface area contributed by atoms with Gasteiger partial charge in [-0.2, -0.15) is 4.31 Å². The highest BCUT2D eigenvalue weighted by Crippen LogP contribution is 2.34. The summed E-state index contributed by atoms with van der Waals surface area (Å²) in [5.74, 6) is -1.87. The van der Waals surface area contributed by atoms with Crippen molar-refractivity contribution in [3.05, 3.63) is 53.8 Å². The summed E-state index contributed by atoms with van der Waals surface area (Å²) in [7, 11) is -4.38. The number of alkyl halides is 3. The molecular formula is C19H17F4N3O6S. The van der Waals surface area contributed by atoms with Crippen LogP contribution < -0.4 is 9.47 Å². The molecule has 1 aromatic carbocycles. The number of aliphatic hydroxyl groups is 2. The Balaban J connectivity index is 1.85. The van der Waals surface area contributed by atoms with Crippen LogP contribution in [0.2, 0.25) is 0 Å². The molecule has 2 heterocycles. The smallest absolute Gasteiger partial charge is 0.486 e. The van der Waals surface area contributed by atoms with Crippen LogP contribution in [0.15, 0.2) is 41.4 Å². The first-order valence-electron chi connectivity index (χ1n) is 9.22. The van der Waals surface area contributed by atoms with Crippen molar-refractivity contribution in [3.63, 3.8) is 0 Å². The van der Waals surface area contributed by atoms with Crippen LogP contribution in [-0.2, 0) is 10.0 Å². The van der Waals surface area contributed by atoms with Gasteiger partial charge >= 0.3 is 6.36 Å². The minimum Gasteiger partial charge on any atom is -0.486 e. The van der Waals surface area contributed by atoms with Gasteiger partial charge in [0.15, 0.2) is 0 Å². The molecule has 0 bridgehead atoms. The Kier molecular flexibility index (Phi) is 6.53. The van der Waals surface area contributed by atoms with Gasteiger partial charge in [-0.3, -0.25) is 0 Å². The first-order chi connectivity index (χ1) is 15.3. The van der Waals surface area contributed by atoms with Gasteiger partial charge in [0, 0.05) is 18.7 Å². The molecule has 0 aliphatic carbocycles. The zero-order valence-corrected chi connectivity index (χ0v) is 17.6. The molecule has 1 aliphatic rings. The number of benzene rings is 1. The van der Waals surface area contributed by atoms with Gasteiger partial charge in [-0.15, -0.1) is 13.2 Å². The van der Waals surface area contributed by atoms with E-state index in [1.54, 1.807) is 0 Å². The maximum absolute atomic E-state index is 13.9. The topological polar surface area (TPSA) is 114 Å². The fourth-order valence-corrected chi connectivity index (χ4v) is 4.61. The van der Waals surface area contributed by atoms with Gasteiger partial charge in [0.1, 0.15) is 28.2 Å². The van der Waals surface area contributed by atoms with Gasteiger partial charge in [0.25, 0.3) is 0 Å². The van der Waals surface area contributed by atoms with Crippen molar-refractivity contribution in [2.24, 2.45) is 0 Å². The Morgan fingerprint density at radius 3 is 2.55 bits per heavy atom. The quantitative estimate of drug-likeness (QED) is 0.471. The van der Waals surface area contributed by atoms with Gasteiger partial charge in [-0.05, 0) is 25.1 Å². The normalized spacial score (nSPS) is 22.5. The molecule has 178 valence electrons.